The Hall–Kier alpha value is -7.04. The summed E-state index contributed by atoms with van der Waals surface area (Å²) in [7, 11) is 0. The molecule has 4 heteroatoms. The molecule has 0 bridgehead atoms. The first-order chi connectivity index (χ1) is 28.9. The molecule has 0 saturated carbocycles. The summed E-state index contributed by atoms with van der Waals surface area (Å²) < 4.78 is 2.23. The lowest BCUT2D eigenvalue weighted by Gasteiger charge is -2.27. The first-order valence-corrected chi connectivity index (χ1v) is 20.7. The van der Waals surface area contributed by atoms with E-state index < -0.39 is 0 Å². The van der Waals surface area contributed by atoms with Gasteiger partial charge in [0, 0.05) is 28.6 Å². The summed E-state index contributed by atoms with van der Waals surface area (Å²) >= 11 is 0. The van der Waals surface area contributed by atoms with E-state index in [-0.39, 0.29) is 16.6 Å². The quantitative estimate of drug-likeness (QED) is 0.175. The van der Waals surface area contributed by atoms with Gasteiger partial charge in [0.1, 0.15) is 11.6 Å². The highest BCUT2D eigenvalue weighted by Crippen LogP contribution is 2.45. The van der Waals surface area contributed by atoms with Gasteiger partial charge in [-0.2, -0.15) is 0 Å². The minimum absolute atomic E-state index is 0.169. The van der Waals surface area contributed by atoms with Crippen molar-refractivity contribution in [2.75, 3.05) is 0 Å². The van der Waals surface area contributed by atoms with Gasteiger partial charge in [0.25, 0.3) is 0 Å². The molecule has 0 atom stereocenters. The summed E-state index contributed by atoms with van der Waals surface area (Å²) in [6.07, 6.45) is 1.90. The number of imidazole rings is 1. The Labute approximate surface area is 353 Å². The highest BCUT2D eigenvalue weighted by Gasteiger charge is 2.29. The Morgan fingerprint density at radius 2 is 1.02 bits per heavy atom. The lowest BCUT2D eigenvalue weighted by Crippen LogP contribution is -2.17. The maximum absolute atomic E-state index is 12.4. The summed E-state index contributed by atoms with van der Waals surface area (Å²) in [6.45, 7) is 13.1. The summed E-state index contributed by atoms with van der Waals surface area (Å²) in [6, 6.07) is 61.8. The summed E-state index contributed by atoms with van der Waals surface area (Å²) in [5.41, 5.74) is 15.7. The number of fused-ring (bicyclic) bond motifs is 1. The van der Waals surface area contributed by atoms with Crippen LogP contribution in [0.15, 0.2) is 182 Å². The molecule has 0 radical (unpaired) electrons. The van der Waals surface area contributed by atoms with E-state index in [1.807, 2.05) is 18.3 Å². The third kappa shape index (κ3) is 7.42. The minimum Gasteiger partial charge on any atom is -0.507 e. The fourth-order valence-electron chi connectivity index (χ4n) is 8.17. The predicted octanol–water partition coefficient (Wildman–Crippen LogP) is 14.7. The molecule has 9 aromatic rings. The number of rotatable bonds is 7. The standard InChI is InChI=1S/C56H49N3O/c1-55(2,3)45-35-48(53(60)49(36-45)56(4,5)6)54-58-52-47(26-17-27-51(52)59(54)46-25-16-24-40(33-46)37-18-10-7-11-19-37)43-30-42(39-22-14-9-15-23-39)31-44(32-43)50-34-41(28-29-57-50)38-20-12-8-13-21-38/h7-36,60H,1-6H3. The maximum Gasteiger partial charge on any atom is 0.149 e. The monoisotopic (exact) mass is 779 g/mol. The molecule has 0 aliphatic heterocycles. The summed E-state index contributed by atoms with van der Waals surface area (Å²) in [4.78, 5) is 10.5. The molecular formula is C56H49N3O. The number of aromatic nitrogens is 3. The maximum atomic E-state index is 12.4. The molecule has 1 N–H and O–H groups in total. The average Bonchev–Trinajstić information content (AvgIpc) is 3.66. The molecule has 0 unspecified atom stereocenters. The highest BCUT2D eigenvalue weighted by molar-refractivity contribution is 5.98. The number of nitrogens with zero attached hydrogens (tertiary/aromatic N) is 3. The Morgan fingerprint density at radius 3 is 1.65 bits per heavy atom. The number of phenolic OH excluding ortho intramolecular Hbond substituents is 1. The normalized spacial score (nSPS) is 11.9. The van der Waals surface area contributed by atoms with Gasteiger partial charge in [-0.25, -0.2) is 4.98 Å². The zero-order chi connectivity index (χ0) is 41.6. The van der Waals surface area contributed by atoms with Crippen LogP contribution in [0.1, 0.15) is 52.7 Å². The van der Waals surface area contributed by atoms with Gasteiger partial charge in [-0.3, -0.25) is 9.55 Å². The largest absolute Gasteiger partial charge is 0.507 e. The van der Waals surface area contributed by atoms with Crippen LogP contribution in [-0.4, -0.2) is 19.6 Å². The van der Waals surface area contributed by atoms with Gasteiger partial charge < -0.3 is 5.11 Å². The molecule has 0 aliphatic rings. The second kappa shape index (κ2) is 15.3. The van der Waals surface area contributed by atoms with Gasteiger partial charge in [-0.1, -0.05) is 163 Å². The molecule has 9 rings (SSSR count). The predicted molar refractivity (Wildman–Crippen MR) is 251 cm³/mol. The van der Waals surface area contributed by atoms with E-state index in [1.165, 1.54) is 0 Å². The third-order valence-electron chi connectivity index (χ3n) is 11.4. The first kappa shape index (κ1) is 38.5. The van der Waals surface area contributed by atoms with Crippen LogP contribution in [0, 0.1) is 0 Å². The Morgan fingerprint density at radius 1 is 0.450 bits per heavy atom. The van der Waals surface area contributed by atoms with Crippen molar-refractivity contribution in [3.8, 4) is 78.6 Å². The molecule has 0 aliphatic carbocycles. The molecule has 2 heterocycles. The molecule has 0 spiro atoms. The lowest BCUT2D eigenvalue weighted by molar-refractivity contribution is 0.446. The Balaban J connectivity index is 1.32. The lowest BCUT2D eigenvalue weighted by atomic mass is 9.79. The molecule has 4 nitrogen and oxygen atoms in total. The highest BCUT2D eigenvalue weighted by atomic mass is 16.3. The Bertz CT molecular complexity index is 2990. The van der Waals surface area contributed by atoms with Gasteiger partial charge in [0.2, 0.25) is 0 Å². The third-order valence-corrected chi connectivity index (χ3v) is 11.4. The van der Waals surface area contributed by atoms with Crippen LogP contribution in [-0.2, 0) is 10.8 Å². The SMILES string of the molecule is CC(C)(C)c1cc(-c2nc3c(-c4cc(-c5ccccc5)cc(-c5cc(-c6ccccc6)ccn5)c4)cccc3n2-c2cccc(-c3ccccc3)c2)c(O)c(C(C)(C)C)c1. The number of hydrogen-bond acceptors (Lipinski definition) is 3. The number of phenols is 1. The molecule has 0 amide bonds. The van der Waals surface area contributed by atoms with Gasteiger partial charge >= 0.3 is 0 Å². The van der Waals surface area contributed by atoms with E-state index in [1.54, 1.807) is 0 Å². The number of aromatic hydroxyl groups is 1. The number of pyridine rings is 1. The fraction of sp³-hybridized carbons (Fsp3) is 0.143. The average molecular weight is 780 g/mol. The topological polar surface area (TPSA) is 50.9 Å². The smallest absolute Gasteiger partial charge is 0.149 e. The summed E-state index contributed by atoms with van der Waals surface area (Å²) in [5.74, 6) is 0.944. The van der Waals surface area contributed by atoms with E-state index >= 15 is 0 Å². The van der Waals surface area contributed by atoms with Crippen molar-refractivity contribution in [2.45, 2.75) is 52.4 Å². The second-order valence-electron chi connectivity index (χ2n) is 17.7. The van der Waals surface area contributed by atoms with E-state index in [0.29, 0.717) is 11.4 Å². The minimum atomic E-state index is -0.310. The molecular weight excluding hydrogens is 731 g/mol. The first-order valence-electron chi connectivity index (χ1n) is 20.7. The van der Waals surface area contributed by atoms with Gasteiger partial charge in [0.15, 0.2) is 0 Å². The van der Waals surface area contributed by atoms with Crippen molar-refractivity contribution < 1.29 is 5.11 Å². The molecule has 0 fully saturated rings. The van der Waals surface area contributed by atoms with Gasteiger partial charge in [-0.15, -0.1) is 0 Å². The van der Waals surface area contributed by atoms with E-state index in [9.17, 15) is 5.11 Å². The van der Waals surface area contributed by atoms with Crippen LogP contribution in [0.4, 0.5) is 0 Å². The van der Waals surface area contributed by atoms with Crippen molar-refractivity contribution in [1.29, 1.82) is 0 Å². The van der Waals surface area contributed by atoms with Crippen LogP contribution >= 0.6 is 0 Å². The number of benzene rings is 7. The van der Waals surface area contributed by atoms with Crippen LogP contribution in [0.3, 0.4) is 0 Å². The van der Waals surface area contributed by atoms with Crippen molar-refractivity contribution in [3.63, 3.8) is 0 Å². The van der Waals surface area contributed by atoms with Crippen LogP contribution < -0.4 is 0 Å². The van der Waals surface area contributed by atoms with E-state index in [0.717, 1.165) is 83.6 Å². The summed E-state index contributed by atoms with van der Waals surface area (Å²) in [5, 5.41) is 12.4. The zero-order valence-electron chi connectivity index (χ0n) is 35.1. The molecule has 60 heavy (non-hydrogen) atoms. The van der Waals surface area contributed by atoms with E-state index in [4.69, 9.17) is 9.97 Å². The number of para-hydroxylation sites is 1. The zero-order valence-corrected chi connectivity index (χ0v) is 35.1. The van der Waals surface area contributed by atoms with Crippen molar-refractivity contribution in [2.24, 2.45) is 0 Å². The van der Waals surface area contributed by atoms with Crippen LogP contribution in [0.5, 0.6) is 5.75 Å². The second-order valence-corrected chi connectivity index (χ2v) is 17.7. The van der Waals surface area contributed by atoms with Gasteiger partial charge in [-0.05, 0) is 110 Å². The van der Waals surface area contributed by atoms with Crippen molar-refractivity contribution in [1.82, 2.24) is 14.5 Å². The molecule has 294 valence electrons. The van der Waals surface area contributed by atoms with E-state index in [2.05, 4.69) is 210 Å². The van der Waals surface area contributed by atoms with Gasteiger partial charge in [0.05, 0.1) is 22.3 Å². The Kier molecular flexibility index (Phi) is 9.80. The van der Waals surface area contributed by atoms with Crippen molar-refractivity contribution in [3.05, 3.63) is 193 Å². The fourth-order valence-corrected chi connectivity index (χ4v) is 8.17. The molecule has 0 saturated heterocycles. The van der Waals surface area contributed by atoms with Crippen LogP contribution in [0.25, 0.3) is 83.9 Å². The van der Waals surface area contributed by atoms with Crippen molar-refractivity contribution >= 4 is 11.0 Å². The molecule has 7 aromatic carbocycles. The molecule has 2 aromatic heterocycles. The van der Waals surface area contributed by atoms with Crippen LogP contribution in [0.2, 0.25) is 0 Å². The number of hydrogen-bond donors (Lipinski definition) is 1.